The highest BCUT2D eigenvalue weighted by Gasteiger charge is 2.09. The molecule has 0 saturated heterocycles. The van der Waals surface area contributed by atoms with Crippen LogP contribution in [0.25, 0.3) is 11.0 Å². The van der Waals surface area contributed by atoms with Gasteiger partial charge in [0.15, 0.2) is 0 Å². The van der Waals surface area contributed by atoms with Crippen LogP contribution in [-0.2, 0) is 6.61 Å². The lowest BCUT2D eigenvalue weighted by atomic mass is 10.1. The molecule has 0 radical (unpaired) electrons. The first-order chi connectivity index (χ1) is 10.5. The molecule has 0 amide bonds. The molecule has 0 N–H and O–H groups in total. The van der Waals surface area contributed by atoms with Gasteiger partial charge in [0.1, 0.15) is 17.9 Å². The third-order valence-corrected chi connectivity index (χ3v) is 3.90. The summed E-state index contributed by atoms with van der Waals surface area (Å²) < 4.78 is 11.0. The first kappa shape index (κ1) is 14.7. The van der Waals surface area contributed by atoms with Gasteiger partial charge in [-0.05, 0) is 49.2 Å². The Morgan fingerprint density at radius 1 is 1.14 bits per heavy atom. The van der Waals surface area contributed by atoms with E-state index in [0.29, 0.717) is 10.6 Å². The molecule has 3 nitrogen and oxygen atoms in total. The standard InChI is InChI=1S/C18H15ClO3/c1-11-4-3-5-14(6-11)21-10-13-8-18(20)22-17-7-12(2)16(19)9-15(13)17/h3-9H,10H2,1-2H3. The van der Waals surface area contributed by atoms with E-state index in [-0.39, 0.29) is 6.61 Å². The van der Waals surface area contributed by atoms with Crippen LogP contribution in [0.1, 0.15) is 16.7 Å². The average Bonchev–Trinajstić information content (AvgIpc) is 2.47. The Morgan fingerprint density at radius 3 is 2.73 bits per heavy atom. The Morgan fingerprint density at radius 2 is 1.95 bits per heavy atom. The minimum absolute atomic E-state index is 0.283. The minimum Gasteiger partial charge on any atom is -0.489 e. The molecule has 3 rings (SSSR count). The summed E-state index contributed by atoms with van der Waals surface area (Å²) in [6.07, 6.45) is 0. The summed E-state index contributed by atoms with van der Waals surface area (Å²) in [5.74, 6) is 0.764. The van der Waals surface area contributed by atoms with Crippen molar-refractivity contribution in [3.8, 4) is 5.75 Å². The zero-order valence-corrected chi connectivity index (χ0v) is 13.1. The topological polar surface area (TPSA) is 39.4 Å². The van der Waals surface area contributed by atoms with Gasteiger partial charge in [0.2, 0.25) is 0 Å². The van der Waals surface area contributed by atoms with Gasteiger partial charge in [0.25, 0.3) is 0 Å². The molecule has 0 unspecified atom stereocenters. The molecule has 0 bridgehead atoms. The van der Waals surface area contributed by atoms with Crippen LogP contribution in [0, 0.1) is 13.8 Å². The minimum atomic E-state index is -0.392. The molecule has 1 aromatic heterocycles. The largest absolute Gasteiger partial charge is 0.489 e. The van der Waals surface area contributed by atoms with Crippen LogP contribution in [-0.4, -0.2) is 0 Å². The van der Waals surface area contributed by atoms with E-state index in [1.54, 1.807) is 6.07 Å². The normalized spacial score (nSPS) is 10.9. The van der Waals surface area contributed by atoms with Crippen LogP contribution in [0.3, 0.4) is 0 Å². The van der Waals surface area contributed by atoms with Crippen LogP contribution >= 0.6 is 11.6 Å². The number of hydrogen-bond acceptors (Lipinski definition) is 3. The Hall–Kier alpha value is -2.26. The molecule has 0 fully saturated rings. The second-order valence-corrected chi connectivity index (χ2v) is 5.70. The Balaban J connectivity index is 1.99. The molecular weight excluding hydrogens is 300 g/mol. The molecule has 0 aliphatic heterocycles. The van der Waals surface area contributed by atoms with E-state index >= 15 is 0 Å². The SMILES string of the molecule is Cc1cccc(OCc2cc(=O)oc3cc(C)c(Cl)cc23)c1. The van der Waals surface area contributed by atoms with E-state index in [4.69, 9.17) is 20.8 Å². The fraction of sp³-hybridized carbons (Fsp3) is 0.167. The molecule has 0 saturated carbocycles. The van der Waals surface area contributed by atoms with Gasteiger partial charge in [-0.1, -0.05) is 23.7 Å². The van der Waals surface area contributed by atoms with Gasteiger partial charge < -0.3 is 9.15 Å². The molecule has 4 heteroatoms. The maximum Gasteiger partial charge on any atom is 0.336 e. The number of aryl methyl sites for hydroxylation is 2. The van der Waals surface area contributed by atoms with Crippen LogP contribution in [0.5, 0.6) is 5.75 Å². The van der Waals surface area contributed by atoms with Crippen LogP contribution in [0.15, 0.2) is 51.7 Å². The molecule has 3 aromatic rings. The number of ether oxygens (including phenoxy) is 1. The second-order valence-electron chi connectivity index (χ2n) is 5.29. The zero-order chi connectivity index (χ0) is 15.7. The Kier molecular flexibility index (Phi) is 3.90. The highest BCUT2D eigenvalue weighted by atomic mass is 35.5. The van der Waals surface area contributed by atoms with Crippen LogP contribution in [0.4, 0.5) is 0 Å². The summed E-state index contributed by atoms with van der Waals surface area (Å²) >= 11 is 6.18. The number of fused-ring (bicyclic) bond motifs is 1. The van der Waals surface area contributed by atoms with E-state index in [2.05, 4.69) is 0 Å². The van der Waals surface area contributed by atoms with E-state index < -0.39 is 5.63 Å². The lowest BCUT2D eigenvalue weighted by Crippen LogP contribution is -2.04. The van der Waals surface area contributed by atoms with Gasteiger partial charge in [0.05, 0.1) is 0 Å². The lowest BCUT2D eigenvalue weighted by molar-refractivity contribution is 0.306. The van der Waals surface area contributed by atoms with Crippen LogP contribution in [0.2, 0.25) is 5.02 Å². The van der Waals surface area contributed by atoms with E-state index in [1.165, 1.54) is 6.07 Å². The number of rotatable bonds is 3. The van der Waals surface area contributed by atoms with Crippen molar-refractivity contribution < 1.29 is 9.15 Å². The third kappa shape index (κ3) is 3.00. The fourth-order valence-corrected chi connectivity index (χ4v) is 2.50. The maximum absolute atomic E-state index is 11.7. The highest BCUT2D eigenvalue weighted by Crippen LogP contribution is 2.26. The van der Waals surface area contributed by atoms with Gasteiger partial charge in [-0.15, -0.1) is 0 Å². The Bertz CT molecular complexity index is 896. The fourth-order valence-electron chi connectivity index (χ4n) is 2.33. The number of benzene rings is 2. The van der Waals surface area contributed by atoms with E-state index in [9.17, 15) is 4.79 Å². The Labute approximate surface area is 133 Å². The van der Waals surface area contributed by atoms with Gasteiger partial charge in [-0.25, -0.2) is 4.79 Å². The first-order valence-corrected chi connectivity index (χ1v) is 7.33. The van der Waals surface area contributed by atoms with Gasteiger partial charge in [-0.3, -0.25) is 0 Å². The maximum atomic E-state index is 11.7. The van der Waals surface area contributed by atoms with Crippen molar-refractivity contribution in [3.63, 3.8) is 0 Å². The predicted molar refractivity (Wildman–Crippen MR) is 87.7 cm³/mol. The van der Waals surface area contributed by atoms with Gasteiger partial charge in [-0.2, -0.15) is 0 Å². The second kappa shape index (κ2) is 5.85. The molecule has 0 aliphatic rings. The molecule has 2 aromatic carbocycles. The molecule has 22 heavy (non-hydrogen) atoms. The monoisotopic (exact) mass is 314 g/mol. The quantitative estimate of drug-likeness (QED) is 0.661. The summed E-state index contributed by atoms with van der Waals surface area (Å²) in [5.41, 5.74) is 2.88. The van der Waals surface area contributed by atoms with E-state index in [0.717, 1.165) is 27.8 Å². The molecule has 112 valence electrons. The van der Waals surface area contributed by atoms with Crippen molar-refractivity contribution in [2.24, 2.45) is 0 Å². The molecule has 1 heterocycles. The summed E-state index contributed by atoms with van der Waals surface area (Å²) in [7, 11) is 0. The van der Waals surface area contributed by atoms with Crippen molar-refractivity contribution in [3.05, 3.63) is 74.6 Å². The smallest absolute Gasteiger partial charge is 0.336 e. The molecule has 0 atom stereocenters. The predicted octanol–water partition coefficient (Wildman–Crippen LogP) is 4.64. The summed E-state index contributed by atoms with van der Waals surface area (Å²) in [6.45, 7) is 4.16. The van der Waals surface area contributed by atoms with Crippen molar-refractivity contribution in [2.45, 2.75) is 20.5 Å². The van der Waals surface area contributed by atoms with Crippen molar-refractivity contribution in [2.75, 3.05) is 0 Å². The summed E-state index contributed by atoms with van der Waals surface area (Å²) in [4.78, 5) is 11.7. The molecule has 0 spiro atoms. The number of halogens is 1. The van der Waals surface area contributed by atoms with Gasteiger partial charge >= 0.3 is 5.63 Å². The summed E-state index contributed by atoms with van der Waals surface area (Å²) in [5, 5.41) is 1.43. The average molecular weight is 315 g/mol. The third-order valence-electron chi connectivity index (χ3n) is 3.49. The zero-order valence-electron chi connectivity index (χ0n) is 12.4. The lowest BCUT2D eigenvalue weighted by Gasteiger charge is -2.10. The molecule has 0 aliphatic carbocycles. The highest BCUT2D eigenvalue weighted by molar-refractivity contribution is 6.32. The van der Waals surface area contributed by atoms with Gasteiger partial charge in [0, 0.05) is 22.0 Å². The van der Waals surface area contributed by atoms with E-state index in [1.807, 2.05) is 44.2 Å². The first-order valence-electron chi connectivity index (χ1n) is 6.95. The summed E-state index contributed by atoms with van der Waals surface area (Å²) in [6, 6.07) is 12.8. The van der Waals surface area contributed by atoms with Crippen molar-refractivity contribution in [1.82, 2.24) is 0 Å². The number of hydrogen-bond donors (Lipinski definition) is 0. The van der Waals surface area contributed by atoms with Crippen LogP contribution < -0.4 is 10.4 Å². The van der Waals surface area contributed by atoms with Crippen molar-refractivity contribution in [1.29, 1.82) is 0 Å². The van der Waals surface area contributed by atoms with Crippen molar-refractivity contribution >= 4 is 22.6 Å². The molecular formula is C18H15ClO3.